The molecule has 1 aromatic rings. The number of hydrogen-bond donors (Lipinski definition) is 2. The van der Waals surface area contributed by atoms with Crippen LogP contribution in [0.5, 0.6) is 5.75 Å². The lowest BCUT2D eigenvalue weighted by Crippen LogP contribution is -2.34. The maximum atomic E-state index is 13.2. The molecule has 6 heteroatoms. The lowest BCUT2D eigenvalue weighted by atomic mass is 10.3. The molecule has 2 unspecified atom stereocenters. The van der Waals surface area contributed by atoms with E-state index in [0.29, 0.717) is 0 Å². The van der Waals surface area contributed by atoms with E-state index in [1.807, 2.05) is 0 Å². The first-order chi connectivity index (χ1) is 8.58. The maximum Gasteiger partial charge on any atom is 0.260 e. The summed E-state index contributed by atoms with van der Waals surface area (Å²) in [6.45, 7) is -0.179. The van der Waals surface area contributed by atoms with Crippen LogP contribution in [0.2, 0.25) is 0 Å². The van der Waals surface area contributed by atoms with E-state index in [-0.39, 0.29) is 25.4 Å². The fourth-order valence-corrected chi connectivity index (χ4v) is 1.77. The van der Waals surface area contributed by atoms with Crippen LogP contribution in [0.3, 0.4) is 0 Å². The number of rotatable bonds is 3. The van der Waals surface area contributed by atoms with Gasteiger partial charge in [0.2, 0.25) is 0 Å². The van der Waals surface area contributed by atoms with Crippen LogP contribution in [0.4, 0.5) is 4.39 Å². The number of benzene rings is 1. The second-order valence-electron chi connectivity index (χ2n) is 4.15. The Morgan fingerprint density at radius 1 is 1.33 bits per heavy atom. The lowest BCUT2D eigenvalue weighted by Gasteiger charge is -2.15. The first kappa shape index (κ1) is 12.8. The minimum absolute atomic E-state index is 0.00569. The van der Waals surface area contributed by atoms with Crippen molar-refractivity contribution < 1.29 is 24.1 Å². The molecular formula is C12H14FNO4. The normalized spacial score (nSPS) is 23.2. The minimum atomic E-state index is -0.928. The van der Waals surface area contributed by atoms with Crippen molar-refractivity contribution >= 4 is 5.91 Å². The number of β-amino-alcohol motifs (C(OH)–C–C–N with tert-alkyl or cyclic N) is 2. The van der Waals surface area contributed by atoms with Gasteiger partial charge in [-0.15, -0.1) is 0 Å². The third-order valence-electron chi connectivity index (χ3n) is 2.80. The minimum Gasteiger partial charge on any atom is -0.481 e. The summed E-state index contributed by atoms with van der Waals surface area (Å²) in [7, 11) is 0. The fraction of sp³-hybridized carbons (Fsp3) is 0.417. The van der Waals surface area contributed by atoms with E-state index in [2.05, 4.69) is 0 Å². The number of carbonyl (C=O) groups is 1. The van der Waals surface area contributed by atoms with Crippen molar-refractivity contribution in [3.63, 3.8) is 0 Å². The van der Waals surface area contributed by atoms with E-state index in [1.54, 1.807) is 6.07 Å². The highest BCUT2D eigenvalue weighted by atomic mass is 19.1. The largest absolute Gasteiger partial charge is 0.481 e. The third-order valence-corrected chi connectivity index (χ3v) is 2.80. The van der Waals surface area contributed by atoms with E-state index in [4.69, 9.17) is 4.74 Å². The zero-order valence-electron chi connectivity index (χ0n) is 9.62. The second kappa shape index (κ2) is 5.32. The molecule has 1 fully saturated rings. The molecule has 0 aromatic heterocycles. The molecule has 1 heterocycles. The van der Waals surface area contributed by atoms with E-state index in [1.165, 1.54) is 23.1 Å². The molecule has 0 radical (unpaired) electrons. The van der Waals surface area contributed by atoms with Crippen molar-refractivity contribution in [3.8, 4) is 5.75 Å². The van der Waals surface area contributed by atoms with Crippen molar-refractivity contribution in [2.45, 2.75) is 12.2 Å². The highest BCUT2D eigenvalue weighted by Crippen LogP contribution is 2.16. The molecule has 0 aliphatic carbocycles. The number of likely N-dealkylation sites (tertiary alicyclic amines) is 1. The zero-order chi connectivity index (χ0) is 13.1. The van der Waals surface area contributed by atoms with Crippen molar-refractivity contribution in [1.82, 2.24) is 4.90 Å². The van der Waals surface area contributed by atoms with E-state index in [0.717, 1.165) is 0 Å². The molecule has 0 spiro atoms. The van der Waals surface area contributed by atoms with Crippen LogP contribution in [0.1, 0.15) is 0 Å². The molecule has 18 heavy (non-hydrogen) atoms. The predicted octanol–water partition coefficient (Wildman–Crippen LogP) is -0.231. The fourth-order valence-electron chi connectivity index (χ4n) is 1.77. The lowest BCUT2D eigenvalue weighted by molar-refractivity contribution is -0.132. The Balaban J connectivity index is 1.88. The van der Waals surface area contributed by atoms with Crippen LogP contribution in [-0.2, 0) is 4.79 Å². The Hall–Kier alpha value is -1.66. The molecule has 2 atom stereocenters. The molecule has 1 saturated heterocycles. The van der Waals surface area contributed by atoms with Crippen LogP contribution in [0.25, 0.3) is 0 Å². The molecule has 1 aromatic carbocycles. The zero-order valence-corrected chi connectivity index (χ0v) is 9.62. The summed E-state index contributed by atoms with van der Waals surface area (Å²) in [5.41, 5.74) is 0. The van der Waals surface area contributed by atoms with E-state index < -0.39 is 23.9 Å². The average molecular weight is 255 g/mol. The van der Waals surface area contributed by atoms with Gasteiger partial charge in [0.25, 0.3) is 5.91 Å². The monoisotopic (exact) mass is 255 g/mol. The predicted molar refractivity (Wildman–Crippen MR) is 60.5 cm³/mol. The molecule has 1 aliphatic rings. The number of para-hydroxylation sites is 1. The average Bonchev–Trinajstić information content (AvgIpc) is 2.68. The summed E-state index contributed by atoms with van der Waals surface area (Å²) in [5, 5.41) is 18.6. The first-order valence-electron chi connectivity index (χ1n) is 5.59. The molecule has 0 bridgehead atoms. The Morgan fingerprint density at radius 2 is 1.94 bits per heavy atom. The van der Waals surface area contributed by atoms with Crippen molar-refractivity contribution in [1.29, 1.82) is 0 Å². The second-order valence-corrected chi connectivity index (χ2v) is 4.15. The topological polar surface area (TPSA) is 70.0 Å². The maximum absolute atomic E-state index is 13.2. The molecule has 1 amide bonds. The molecule has 1 aliphatic heterocycles. The Morgan fingerprint density at radius 3 is 2.56 bits per heavy atom. The van der Waals surface area contributed by atoms with Gasteiger partial charge in [-0.1, -0.05) is 12.1 Å². The first-order valence-corrected chi connectivity index (χ1v) is 5.59. The summed E-state index contributed by atoms with van der Waals surface area (Å²) >= 11 is 0. The van der Waals surface area contributed by atoms with Crippen LogP contribution in [0.15, 0.2) is 24.3 Å². The van der Waals surface area contributed by atoms with Gasteiger partial charge in [0.15, 0.2) is 18.2 Å². The van der Waals surface area contributed by atoms with Crippen LogP contribution in [0, 0.1) is 5.82 Å². The van der Waals surface area contributed by atoms with Crippen LogP contribution in [-0.4, -0.2) is 52.9 Å². The Labute approximate surface area is 103 Å². The Bertz CT molecular complexity index is 430. The van der Waals surface area contributed by atoms with Crippen molar-refractivity contribution in [2.24, 2.45) is 0 Å². The molecule has 5 nitrogen and oxygen atoms in total. The van der Waals surface area contributed by atoms with Crippen LogP contribution >= 0.6 is 0 Å². The number of aliphatic hydroxyl groups is 2. The van der Waals surface area contributed by atoms with Gasteiger partial charge in [0, 0.05) is 13.1 Å². The highest BCUT2D eigenvalue weighted by Gasteiger charge is 2.32. The van der Waals surface area contributed by atoms with Crippen molar-refractivity contribution in [2.75, 3.05) is 19.7 Å². The van der Waals surface area contributed by atoms with Gasteiger partial charge in [0.1, 0.15) is 0 Å². The summed E-state index contributed by atoms with van der Waals surface area (Å²) in [4.78, 5) is 13.0. The van der Waals surface area contributed by atoms with Crippen molar-refractivity contribution in [3.05, 3.63) is 30.1 Å². The van der Waals surface area contributed by atoms with Gasteiger partial charge in [0.05, 0.1) is 12.2 Å². The molecule has 98 valence electrons. The number of nitrogens with zero attached hydrogens (tertiary/aromatic N) is 1. The summed E-state index contributed by atoms with van der Waals surface area (Å²) in [6, 6.07) is 5.79. The molecule has 0 saturated carbocycles. The number of ether oxygens (including phenoxy) is 1. The van der Waals surface area contributed by atoms with Gasteiger partial charge in [-0.3, -0.25) is 4.79 Å². The quantitative estimate of drug-likeness (QED) is 0.782. The third kappa shape index (κ3) is 2.77. The number of carbonyl (C=O) groups excluding carboxylic acids is 1. The Kier molecular flexibility index (Phi) is 3.78. The standard InChI is InChI=1S/C12H14FNO4/c13-8-3-1-2-4-11(8)18-7-12(17)14-5-9(15)10(16)6-14/h1-4,9-10,15-16H,5-7H2. The van der Waals surface area contributed by atoms with Gasteiger partial charge >= 0.3 is 0 Å². The van der Waals surface area contributed by atoms with Crippen LogP contribution < -0.4 is 4.74 Å². The van der Waals surface area contributed by atoms with E-state index in [9.17, 15) is 19.4 Å². The highest BCUT2D eigenvalue weighted by molar-refractivity contribution is 5.78. The van der Waals surface area contributed by atoms with Gasteiger partial charge in [-0.05, 0) is 12.1 Å². The number of aliphatic hydroxyl groups excluding tert-OH is 2. The van der Waals surface area contributed by atoms with Gasteiger partial charge in [-0.2, -0.15) is 0 Å². The molecule has 2 rings (SSSR count). The van der Waals surface area contributed by atoms with E-state index >= 15 is 0 Å². The number of amides is 1. The summed E-state index contributed by atoms with van der Waals surface area (Å²) < 4.78 is 18.3. The SMILES string of the molecule is O=C(COc1ccccc1F)N1CC(O)C(O)C1. The molecule has 2 N–H and O–H groups in total. The number of halogens is 1. The smallest absolute Gasteiger partial charge is 0.260 e. The summed E-state index contributed by atoms with van der Waals surface area (Å²) in [6.07, 6.45) is -1.86. The number of hydrogen-bond acceptors (Lipinski definition) is 4. The van der Waals surface area contributed by atoms with Gasteiger partial charge < -0.3 is 19.8 Å². The van der Waals surface area contributed by atoms with Gasteiger partial charge in [-0.25, -0.2) is 4.39 Å². The summed E-state index contributed by atoms with van der Waals surface area (Å²) in [5.74, 6) is -0.924. The molecular weight excluding hydrogens is 241 g/mol.